The van der Waals surface area contributed by atoms with Crippen molar-refractivity contribution < 1.29 is 0 Å². The molecule has 52 valence electrons. The monoisotopic (exact) mass is 126 g/mol. The maximum atomic E-state index is 3.58. The second kappa shape index (κ2) is 1.96. The number of fused-ring (bicyclic) bond motifs is 2. The first-order valence-corrected chi connectivity index (χ1v) is 3.79. The standard InChI is InChI=1S/C7H14N2/c1-9-4-6-2-3-7(5-9)8-6/h6-8H,2-5H2,1H3/t6-,7?/m1/s1. The summed E-state index contributed by atoms with van der Waals surface area (Å²) in [7, 11) is 2.21. The van der Waals surface area contributed by atoms with Crippen molar-refractivity contribution in [3.63, 3.8) is 0 Å². The minimum Gasteiger partial charge on any atom is -0.309 e. The zero-order valence-electron chi connectivity index (χ0n) is 5.93. The van der Waals surface area contributed by atoms with E-state index in [1.807, 2.05) is 0 Å². The number of likely N-dealkylation sites (tertiary alicyclic amines) is 1. The predicted molar refractivity (Wildman–Crippen MR) is 37.4 cm³/mol. The fourth-order valence-electron chi connectivity index (χ4n) is 2.02. The highest BCUT2D eigenvalue weighted by Crippen LogP contribution is 2.18. The molecule has 2 heteroatoms. The summed E-state index contributed by atoms with van der Waals surface area (Å²) in [6.07, 6.45) is 2.80. The number of nitrogens with zero attached hydrogens (tertiary/aromatic N) is 1. The lowest BCUT2D eigenvalue weighted by molar-refractivity contribution is 0.235. The van der Waals surface area contributed by atoms with Crippen molar-refractivity contribution in [2.24, 2.45) is 0 Å². The molecule has 2 aliphatic heterocycles. The Morgan fingerprint density at radius 2 is 1.78 bits per heavy atom. The van der Waals surface area contributed by atoms with Crippen molar-refractivity contribution in [3.05, 3.63) is 0 Å². The molecule has 1 unspecified atom stereocenters. The Bertz CT molecular complexity index is 101. The lowest BCUT2D eigenvalue weighted by Gasteiger charge is -2.29. The Morgan fingerprint density at radius 1 is 1.22 bits per heavy atom. The van der Waals surface area contributed by atoms with E-state index in [1.54, 1.807) is 0 Å². The topological polar surface area (TPSA) is 15.3 Å². The highest BCUT2D eigenvalue weighted by atomic mass is 15.2. The van der Waals surface area contributed by atoms with Crippen LogP contribution >= 0.6 is 0 Å². The molecule has 0 radical (unpaired) electrons. The van der Waals surface area contributed by atoms with E-state index in [9.17, 15) is 0 Å². The second-order valence-corrected chi connectivity index (χ2v) is 3.36. The zero-order chi connectivity index (χ0) is 6.27. The Hall–Kier alpha value is -0.0800. The molecule has 2 aliphatic rings. The van der Waals surface area contributed by atoms with Crippen molar-refractivity contribution in [1.29, 1.82) is 0 Å². The summed E-state index contributed by atoms with van der Waals surface area (Å²) in [6, 6.07) is 1.63. The van der Waals surface area contributed by atoms with Crippen molar-refractivity contribution >= 4 is 0 Å². The van der Waals surface area contributed by atoms with Crippen molar-refractivity contribution in [2.75, 3.05) is 20.1 Å². The number of hydrogen-bond donors (Lipinski definition) is 1. The van der Waals surface area contributed by atoms with Crippen LogP contribution in [-0.2, 0) is 0 Å². The fraction of sp³-hybridized carbons (Fsp3) is 1.00. The van der Waals surface area contributed by atoms with Crippen LogP contribution in [-0.4, -0.2) is 37.1 Å². The molecule has 2 heterocycles. The van der Waals surface area contributed by atoms with Crippen LogP contribution in [0, 0.1) is 0 Å². The van der Waals surface area contributed by atoms with Crippen LogP contribution in [0.25, 0.3) is 0 Å². The Labute approximate surface area is 56.2 Å². The molecule has 0 aliphatic carbocycles. The minimum absolute atomic E-state index is 0.814. The minimum atomic E-state index is 0.814. The summed E-state index contributed by atoms with van der Waals surface area (Å²) in [4.78, 5) is 2.43. The van der Waals surface area contributed by atoms with Gasteiger partial charge in [-0.05, 0) is 19.9 Å². The van der Waals surface area contributed by atoms with E-state index in [1.165, 1.54) is 25.9 Å². The molecule has 1 N–H and O–H groups in total. The highest BCUT2D eigenvalue weighted by molar-refractivity contribution is 4.91. The lowest BCUT2D eigenvalue weighted by atomic mass is 10.2. The van der Waals surface area contributed by atoms with E-state index in [-0.39, 0.29) is 0 Å². The SMILES string of the molecule is CN1CC2CC[C@H](C1)N2. The Balaban J connectivity index is 2.03. The first-order chi connectivity index (χ1) is 4.34. The van der Waals surface area contributed by atoms with Crippen LogP contribution in [0.2, 0.25) is 0 Å². The molecule has 0 saturated carbocycles. The van der Waals surface area contributed by atoms with Gasteiger partial charge in [-0.2, -0.15) is 0 Å². The molecule has 2 fully saturated rings. The largest absolute Gasteiger partial charge is 0.309 e. The summed E-state index contributed by atoms with van der Waals surface area (Å²) < 4.78 is 0. The number of rotatable bonds is 0. The number of nitrogens with one attached hydrogen (secondary N) is 1. The average molecular weight is 126 g/mol. The van der Waals surface area contributed by atoms with Gasteiger partial charge < -0.3 is 10.2 Å². The van der Waals surface area contributed by atoms with Gasteiger partial charge in [0.15, 0.2) is 0 Å². The molecule has 2 atom stereocenters. The van der Waals surface area contributed by atoms with Gasteiger partial charge in [-0.15, -0.1) is 0 Å². The molecule has 2 bridgehead atoms. The van der Waals surface area contributed by atoms with Crippen LogP contribution in [0.3, 0.4) is 0 Å². The quantitative estimate of drug-likeness (QED) is 0.493. The molecular weight excluding hydrogens is 112 g/mol. The maximum absolute atomic E-state index is 3.58. The first-order valence-electron chi connectivity index (χ1n) is 3.79. The van der Waals surface area contributed by atoms with Crippen molar-refractivity contribution in [1.82, 2.24) is 10.2 Å². The molecular formula is C7H14N2. The molecule has 9 heavy (non-hydrogen) atoms. The summed E-state index contributed by atoms with van der Waals surface area (Å²) in [5, 5.41) is 3.58. The van der Waals surface area contributed by atoms with Crippen LogP contribution in [0.5, 0.6) is 0 Å². The number of piperazine rings is 1. The van der Waals surface area contributed by atoms with Crippen LogP contribution in [0.1, 0.15) is 12.8 Å². The molecule has 0 aromatic rings. The molecule has 2 nitrogen and oxygen atoms in total. The molecule has 0 aromatic carbocycles. The van der Waals surface area contributed by atoms with Gasteiger partial charge in [-0.3, -0.25) is 0 Å². The second-order valence-electron chi connectivity index (χ2n) is 3.36. The van der Waals surface area contributed by atoms with E-state index in [4.69, 9.17) is 0 Å². The van der Waals surface area contributed by atoms with Gasteiger partial charge in [-0.25, -0.2) is 0 Å². The number of hydrogen-bond acceptors (Lipinski definition) is 2. The number of likely N-dealkylation sites (N-methyl/N-ethyl adjacent to an activating group) is 1. The van der Waals surface area contributed by atoms with Crippen LogP contribution in [0.15, 0.2) is 0 Å². The third kappa shape index (κ3) is 0.970. The fourth-order valence-corrected chi connectivity index (χ4v) is 2.02. The van der Waals surface area contributed by atoms with Gasteiger partial charge in [0.1, 0.15) is 0 Å². The van der Waals surface area contributed by atoms with Crippen molar-refractivity contribution in [3.8, 4) is 0 Å². The molecule has 0 spiro atoms. The Morgan fingerprint density at radius 3 is 2.33 bits per heavy atom. The molecule has 2 rings (SSSR count). The van der Waals surface area contributed by atoms with Gasteiger partial charge in [0, 0.05) is 25.2 Å². The lowest BCUT2D eigenvalue weighted by Crippen LogP contribution is -2.49. The summed E-state index contributed by atoms with van der Waals surface area (Å²) >= 11 is 0. The Kier molecular flexibility index (Phi) is 1.24. The van der Waals surface area contributed by atoms with E-state index in [0.29, 0.717) is 0 Å². The van der Waals surface area contributed by atoms with Gasteiger partial charge in [0.25, 0.3) is 0 Å². The zero-order valence-corrected chi connectivity index (χ0v) is 5.93. The van der Waals surface area contributed by atoms with E-state index in [0.717, 1.165) is 12.1 Å². The van der Waals surface area contributed by atoms with Gasteiger partial charge >= 0.3 is 0 Å². The summed E-state index contributed by atoms with van der Waals surface area (Å²) in [5.74, 6) is 0. The average Bonchev–Trinajstić information content (AvgIpc) is 2.11. The van der Waals surface area contributed by atoms with Crippen molar-refractivity contribution in [2.45, 2.75) is 24.9 Å². The van der Waals surface area contributed by atoms with Gasteiger partial charge in [0.2, 0.25) is 0 Å². The summed E-state index contributed by atoms with van der Waals surface area (Å²) in [5.41, 5.74) is 0. The van der Waals surface area contributed by atoms with E-state index >= 15 is 0 Å². The third-order valence-electron chi connectivity index (χ3n) is 2.40. The van der Waals surface area contributed by atoms with Crippen LogP contribution in [0.4, 0.5) is 0 Å². The molecule has 0 aromatic heterocycles. The predicted octanol–water partition coefficient (Wildman–Crippen LogP) is 0.0524. The van der Waals surface area contributed by atoms with Gasteiger partial charge in [0.05, 0.1) is 0 Å². The van der Waals surface area contributed by atoms with E-state index in [2.05, 4.69) is 17.3 Å². The third-order valence-corrected chi connectivity index (χ3v) is 2.40. The maximum Gasteiger partial charge on any atom is 0.0198 e. The normalized spacial score (nSPS) is 43.7. The van der Waals surface area contributed by atoms with E-state index < -0.39 is 0 Å². The molecule has 2 saturated heterocycles. The smallest absolute Gasteiger partial charge is 0.0198 e. The summed E-state index contributed by atoms with van der Waals surface area (Å²) in [6.45, 7) is 2.52. The van der Waals surface area contributed by atoms with Crippen LogP contribution < -0.4 is 5.32 Å². The highest BCUT2D eigenvalue weighted by Gasteiger charge is 2.29. The first kappa shape index (κ1) is 5.69. The van der Waals surface area contributed by atoms with Gasteiger partial charge in [-0.1, -0.05) is 0 Å². The molecule has 0 amide bonds.